The zero-order valence-electron chi connectivity index (χ0n) is 14.2. The van der Waals surface area contributed by atoms with Gasteiger partial charge < -0.3 is 9.80 Å². The molecule has 0 aliphatic carbocycles. The first-order chi connectivity index (χ1) is 12.5. The van der Waals surface area contributed by atoms with Gasteiger partial charge in [-0.3, -0.25) is 9.59 Å². The van der Waals surface area contributed by atoms with Crippen molar-refractivity contribution >= 4 is 45.2 Å². The van der Waals surface area contributed by atoms with Gasteiger partial charge in [-0.1, -0.05) is 28.1 Å². The SMILES string of the molecule is CCN(Cc1cc(Br)ccc1F)C(=O)CN1C(=O)CSc2ccccc21. The van der Waals surface area contributed by atoms with Gasteiger partial charge >= 0.3 is 0 Å². The second-order valence-corrected chi connectivity index (χ2v) is 7.81. The molecule has 26 heavy (non-hydrogen) atoms. The Balaban J connectivity index is 1.77. The second-order valence-electron chi connectivity index (χ2n) is 5.88. The number of benzene rings is 2. The summed E-state index contributed by atoms with van der Waals surface area (Å²) in [5, 5.41) is 0. The number of amides is 2. The highest BCUT2D eigenvalue weighted by molar-refractivity contribution is 9.10. The molecule has 4 nitrogen and oxygen atoms in total. The lowest BCUT2D eigenvalue weighted by atomic mass is 10.2. The van der Waals surface area contributed by atoms with Crippen molar-refractivity contribution in [3.8, 4) is 0 Å². The minimum atomic E-state index is -0.352. The normalized spacial score (nSPS) is 13.5. The van der Waals surface area contributed by atoms with Gasteiger partial charge in [-0.15, -0.1) is 11.8 Å². The fraction of sp³-hybridized carbons (Fsp3) is 0.263. The van der Waals surface area contributed by atoms with Crippen LogP contribution in [-0.2, 0) is 16.1 Å². The average Bonchev–Trinajstić information content (AvgIpc) is 2.64. The van der Waals surface area contributed by atoms with E-state index in [4.69, 9.17) is 0 Å². The summed E-state index contributed by atoms with van der Waals surface area (Å²) in [5.41, 5.74) is 1.20. The van der Waals surface area contributed by atoms with Crippen LogP contribution in [0.4, 0.5) is 10.1 Å². The summed E-state index contributed by atoms with van der Waals surface area (Å²) in [5.74, 6) is -0.333. The molecule has 2 aromatic rings. The molecule has 0 N–H and O–H groups in total. The molecule has 0 unspecified atom stereocenters. The minimum absolute atomic E-state index is 0.0418. The van der Waals surface area contributed by atoms with Crippen molar-refractivity contribution < 1.29 is 14.0 Å². The number of carbonyl (C=O) groups excluding carboxylic acids is 2. The van der Waals surface area contributed by atoms with Crippen LogP contribution < -0.4 is 4.90 Å². The summed E-state index contributed by atoms with van der Waals surface area (Å²) in [6, 6.07) is 12.2. The first-order valence-corrected chi connectivity index (χ1v) is 10.0. The molecule has 0 saturated carbocycles. The number of thioether (sulfide) groups is 1. The summed E-state index contributed by atoms with van der Waals surface area (Å²) in [7, 11) is 0. The number of carbonyl (C=O) groups is 2. The molecule has 0 bridgehead atoms. The van der Waals surface area contributed by atoms with Crippen LogP contribution >= 0.6 is 27.7 Å². The Hall–Kier alpha value is -1.86. The van der Waals surface area contributed by atoms with Gasteiger partial charge in [0.15, 0.2) is 0 Å². The van der Waals surface area contributed by atoms with E-state index in [-0.39, 0.29) is 30.7 Å². The minimum Gasteiger partial charge on any atom is -0.337 e. The molecule has 1 heterocycles. The van der Waals surface area contributed by atoms with Crippen LogP contribution in [0.2, 0.25) is 0 Å². The zero-order chi connectivity index (χ0) is 18.7. The number of hydrogen-bond donors (Lipinski definition) is 0. The van der Waals surface area contributed by atoms with E-state index in [0.717, 1.165) is 15.1 Å². The molecule has 1 aliphatic heterocycles. The van der Waals surface area contributed by atoms with E-state index in [2.05, 4.69) is 15.9 Å². The number of fused-ring (bicyclic) bond motifs is 1. The monoisotopic (exact) mass is 436 g/mol. The molecule has 0 atom stereocenters. The Bertz CT molecular complexity index is 846. The first kappa shape index (κ1) is 18.9. The van der Waals surface area contributed by atoms with Gasteiger partial charge in [-0.05, 0) is 37.3 Å². The van der Waals surface area contributed by atoms with Crippen LogP contribution in [0.3, 0.4) is 0 Å². The molecule has 2 amide bonds. The van der Waals surface area contributed by atoms with E-state index in [1.165, 1.54) is 22.7 Å². The first-order valence-electron chi connectivity index (χ1n) is 8.23. The molecule has 3 rings (SSSR count). The van der Waals surface area contributed by atoms with Crippen LogP contribution in [0.15, 0.2) is 51.8 Å². The van der Waals surface area contributed by atoms with Crippen molar-refractivity contribution in [1.29, 1.82) is 0 Å². The molecule has 0 saturated heterocycles. The Morgan fingerprint density at radius 2 is 2.08 bits per heavy atom. The zero-order valence-corrected chi connectivity index (χ0v) is 16.6. The van der Waals surface area contributed by atoms with Gasteiger partial charge in [-0.2, -0.15) is 0 Å². The Morgan fingerprint density at radius 3 is 2.85 bits per heavy atom. The van der Waals surface area contributed by atoms with Gasteiger partial charge in [0.1, 0.15) is 12.4 Å². The van der Waals surface area contributed by atoms with E-state index >= 15 is 0 Å². The maximum atomic E-state index is 14.0. The average molecular weight is 437 g/mol. The quantitative estimate of drug-likeness (QED) is 0.708. The van der Waals surface area contributed by atoms with Crippen LogP contribution in [0.25, 0.3) is 0 Å². The number of hydrogen-bond acceptors (Lipinski definition) is 3. The fourth-order valence-electron chi connectivity index (χ4n) is 2.81. The van der Waals surface area contributed by atoms with E-state index in [9.17, 15) is 14.0 Å². The lowest BCUT2D eigenvalue weighted by Gasteiger charge is -2.30. The third-order valence-corrected chi connectivity index (χ3v) is 5.75. The van der Waals surface area contributed by atoms with Crippen LogP contribution in [0.5, 0.6) is 0 Å². The number of nitrogens with zero attached hydrogens (tertiary/aromatic N) is 2. The van der Waals surface area contributed by atoms with Crippen molar-refractivity contribution in [3.63, 3.8) is 0 Å². The van der Waals surface area contributed by atoms with Crippen molar-refractivity contribution in [2.75, 3.05) is 23.7 Å². The Labute approximate surface area is 164 Å². The number of para-hydroxylation sites is 1. The third kappa shape index (κ3) is 4.10. The van der Waals surface area contributed by atoms with E-state index < -0.39 is 0 Å². The largest absolute Gasteiger partial charge is 0.337 e. The van der Waals surface area contributed by atoms with Gasteiger partial charge in [0.05, 0.1) is 11.4 Å². The van der Waals surface area contributed by atoms with Crippen molar-refractivity contribution in [3.05, 3.63) is 58.3 Å². The molecular weight excluding hydrogens is 419 g/mol. The van der Waals surface area contributed by atoms with E-state index in [1.807, 2.05) is 31.2 Å². The maximum absolute atomic E-state index is 14.0. The Kier molecular flexibility index (Phi) is 5.98. The molecule has 1 aliphatic rings. The van der Waals surface area contributed by atoms with Gasteiger partial charge in [0.25, 0.3) is 0 Å². The highest BCUT2D eigenvalue weighted by Crippen LogP contribution is 2.34. The van der Waals surface area contributed by atoms with Crippen LogP contribution in [-0.4, -0.2) is 35.6 Å². The summed E-state index contributed by atoms with van der Waals surface area (Å²) >= 11 is 4.80. The van der Waals surface area contributed by atoms with Crippen molar-refractivity contribution in [2.24, 2.45) is 0 Å². The number of anilines is 1. The third-order valence-electron chi connectivity index (χ3n) is 4.21. The topological polar surface area (TPSA) is 40.6 Å². The van der Waals surface area contributed by atoms with E-state index in [1.54, 1.807) is 17.0 Å². The molecule has 0 spiro atoms. The van der Waals surface area contributed by atoms with Gasteiger partial charge in [0.2, 0.25) is 11.8 Å². The fourth-order valence-corrected chi connectivity index (χ4v) is 4.15. The van der Waals surface area contributed by atoms with Gasteiger partial charge in [-0.25, -0.2) is 4.39 Å². The molecule has 7 heteroatoms. The standard InChI is InChI=1S/C19H18BrFN2O2S/c1-2-22(10-13-9-14(20)7-8-15(13)21)18(24)11-23-16-5-3-4-6-17(16)26-12-19(23)25/h3-9H,2,10-12H2,1H3. The molecule has 0 fully saturated rings. The highest BCUT2D eigenvalue weighted by Gasteiger charge is 2.27. The van der Waals surface area contributed by atoms with Crippen LogP contribution in [0, 0.1) is 5.82 Å². The maximum Gasteiger partial charge on any atom is 0.242 e. The predicted octanol–water partition coefficient (Wildman–Crippen LogP) is 4.08. The van der Waals surface area contributed by atoms with Crippen molar-refractivity contribution in [1.82, 2.24) is 4.90 Å². The lowest BCUT2D eigenvalue weighted by molar-refractivity contribution is -0.131. The van der Waals surface area contributed by atoms with Gasteiger partial charge in [0, 0.05) is 28.0 Å². The van der Waals surface area contributed by atoms with E-state index in [0.29, 0.717) is 17.9 Å². The molecule has 0 aromatic heterocycles. The highest BCUT2D eigenvalue weighted by atomic mass is 79.9. The summed E-state index contributed by atoms with van der Waals surface area (Å²) in [6.45, 7) is 2.40. The smallest absolute Gasteiger partial charge is 0.242 e. The molecule has 2 aromatic carbocycles. The number of likely N-dealkylation sites (N-methyl/N-ethyl adjacent to an activating group) is 1. The second kappa shape index (κ2) is 8.22. The number of halogens is 2. The summed E-state index contributed by atoms with van der Waals surface area (Å²) in [6.07, 6.45) is 0. The van der Waals surface area contributed by atoms with Crippen LogP contribution in [0.1, 0.15) is 12.5 Å². The Morgan fingerprint density at radius 1 is 1.31 bits per heavy atom. The van der Waals surface area contributed by atoms with Crippen molar-refractivity contribution in [2.45, 2.75) is 18.4 Å². The molecular formula is C19H18BrFN2O2S. The summed E-state index contributed by atoms with van der Waals surface area (Å²) in [4.78, 5) is 29.2. The lowest BCUT2D eigenvalue weighted by Crippen LogP contribution is -2.44. The summed E-state index contributed by atoms with van der Waals surface area (Å²) < 4.78 is 14.8. The number of rotatable bonds is 5. The molecule has 136 valence electrons. The predicted molar refractivity (Wildman–Crippen MR) is 105 cm³/mol. The molecule has 0 radical (unpaired) electrons.